The van der Waals surface area contributed by atoms with Gasteiger partial charge in [0.2, 0.25) is 0 Å². The van der Waals surface area contributed by atoms with E-state index < -0.39 is 5.97 Å². The molecule has 0 bridgehead atoms. The third kappa shape index (κ3) is 3.13. The fraction of sp³-hybridized carbons (Fsp3) is 0. The van der Waals surface area contributed by atoms with Crippen LogP contribution < -0.4 is 0 Å². The van der Waals surface area contributed by atoms with Gasteiger partial charge in [-0.1, -0.05) is 52.8 Å². The summed E-state index contributed by atoms with van der Waals surface area (Å²) in [5, 5.41) is 19.7. The second-order valence-electron chi connectivity index (χ2n) is 4.43. The number of aromatic amines is 1. The third-order valence-corrected chi connectivity index (χ3v) is 4.22. The predicted octanol–water partition coefficient (Wildman–Crippen LogP) is 3.97. The first-order valence-electron chi connectivity index (χ1n) is 6.31. The van der Waals surface area contributed by atoms with Crippen LogP contribution in [0.25, 0.3) is 11.1 Å². The lowest BCUT2D eigenvalue weighted by atomic mass is 10.1. The molecule has 0 aliphatic rings. The molecule has 3 aromatic rings. The lowest BCUT2D eigenvalue weighted by molar-refractivity contribution is 0.0686. The Hall–Kier alpha value is -2.31. The molecule has 7 heteroatoms. The molecule has 5 nitrogen and oxygen atoms in total. The summed E-state index contributed by atoms with van der Waals surface area (Å²) in [6, 6.07) is 15.3. The quantitative estimate of drug-likeness (QED) is 0.756. The maximum Gasteiger partial charge on any atom is 0.356 e. The van der Waals surface area contributed by atoms with Crippen LogP contribution >= 0.6 is 23.4 Å². The van der Waals surface area contributed by atoms with Crippen LogP contribution in [0.2, 0.25) is 5.02 Å². The number of carboxylic acid groups (broad SMARTS) is 1. The summed E-state index contributed by atoms with van der Waals surface area (Å²) >= 11 is 7.13. The van der Waals surface area contributed by atoms with Gasteiger partial charge >= 0.3 is 5.97 Å². The van der Waals surface area contributed by atoms with Crippen molar-refractivity contribution in [2.45, 2.75) is 9.92 Å². The van der Waals surface area contributed by atoms with Crippen molar-refractivity contribution in [3.63, 3.8) is 0 Å². The van der Waals surface area contributed by atoms with Gasteiger partial charge in [-0.15, -0.1) is 5.10 Å². The number of nitrogens with one attached hydrogen (secondary N) is 1. The van der Waals surface area contributed by atoms with Crippen molar-refractivity contribution in [1.82, 2.24) is 15.4 Å². The number of carbonyl (C=O) groups is 1. The van der Waals surface area contributed by atoms with Gasteiger partial charge in [-0.2, -0.15) is 0 Å². The van der Waals surface area contributed by atoms with Crippen LogP contribution in [0.3, 0.4) is 0 Å². The summed E-state index contributed by atoms with van der Waals surface area (Å²) in [7, 11) is 0. The Kier molecular flexibility index (Phi) is 4.13. The number of hydrogen-bond donors (Lipinski definition) is 2. The van der Waals surface area contributed by atoms with Crippen molar-refractivity contribution in [1.29, 1.82) is 0 Å². The van der Waals surface area contributed by atoms with Crippen LogP contribution in [-0.2, 0) is 0 Å². The number of nitrogens with zero attached hydrogens (tertiary/aromatic N) is 2. The average molecular weight is 332 g/mol. The second kappa shape index (κ2) is 6.21. The monoisotopic (exact) mass is 331 g/mol. The SMILES string of the molecule is O=C(O)c1[nH]nnc1Sc1ccc(-c2ccc(Cl)cc2)cc1. The number of carboxylic acids is 1. The zero-order valence-electron chi connectivity index (χ0n) is 11.2. The van der Waals surface area contributed by atoms with E-state index in [1.165, 1.54) is 11.8 Å². The number of aromatic carboxylic acids is 1. The summed E-state index contributed by atoms with van der Waals surface area (Å²) < 4.78 is 0. The topological polar surface area (TPSA) is 78.9 Å². The van der Waals surface area contributed by atoms with E-state index in [-0.39, 0.29) is 5.69 Å². The van der Waals surface area contributed by atoms with E-state index in [0.717, 1.165) is 16.0 Å². The fourth-order valence-electron chi connectivity index (χ4n) is 1.90. The van der Waals surface area contributed by atoms with Gasteiger partial charge in [-0.25, -0.2) is 4.79 Å². The van der Waals surface area contributed by atoms with Crippen molar-refractivity contribution in [3.05, 3.63) is 59.2 Å². The lowest BCUT2D eigenvalue weighted by Gasteiger charge is -2.04. The summed E-state index contributed by atoms with van der Waals surface area (Å²) in [4.78, 5) is 11.9. The Balaban J connectivity index is 1.81. The summed E-state index contributed by atoms with van der Waals surface area (Å²) in [6.45, 7) is 0. The van der Waals surface area contributed by atoms with E-state index in [0.29, 0.717) is 10.0 Å². The molecular formula is C15H10ClN3O2S. The maximum absolute atomic E-state index is 11.0. The minimum atomic E-state index is -1.08. The van der Waals surface area contributed by atoms with E-state index in [1.54, 1.807) is 0 Å². The number of aromatic nitrogens is 3. The number of rotatable bonds is 4. The number of benzene rings is 2. The molecule has 0 radical (unpaired) electrons. The minimum Gasteiger partial charge on any atom is -0.476 e. The summed E-state index contributed by atoms with van der Waals surface area (Å²) in [5.41, 5.74) is 2.11. The molecule has 2 aromatic carbocycles. The molecule has 0 saturated heterocycles. The van der Waals surface area contributed by atoms with E-state index >= 15 is 0 Å². The molecule has 0 saturated carbocycles. The summed E-state index contributed by atoms with van der Waals surface area (Å²) in [5.74, 6) is -1.08. The molecule has 0 aliphatic heterocycles. The molecular weight excluding hydrogens is 322 g/mol. The maximum atomic E-state index is 11.0. The molecule has 1 heterocycles. The van der Waals surface area contributed by atoms with Crippen LogP contribution in [0.4, 0.5) is 0 Å². The highest BCUT2D eigenvalue weighted by molar-refractivity contribution is 7.99. The van der Waals surface area contributed by atoms with Crippen LogP contribution in [0, 0.1) is 0 Å². The largest absolute Gasteiger partial charge is 0.476 e. The molecule has 0 aliphatic carbocycles. The molecule has 0 unspecified atom stereocenters. The molecule has 0 atom stereocenters. The van der Waals surface area contributed by atoms with Gasteiger partial charge in [-0.3, -0.25) is 5.10 Å². The molecule has 2 N–H and O–H groups in total. The van der Waals surface area contributed by atoms with E-state index in [9.17, 15) is 4.79 Å². The zero-order valence-corrected chi connectivity index (χ0v) is 12.7. The van der Waals surface area contributed by atoms with Crippen molar-refractivity contribution in [2.24, 2.45) is 0 Å². The number of hydrogen-bond acceptors (Lipinski definition) is 4. The second-order valence-corrected chi connectivity index (χ2v) is 5.93. The van der Waals surface area contributed by atoms with E-state index in [4.69, 9.17) is 16.7 Å². The lowest BCUT2D eigenvalue weighted by Crippen LogP contribution is -1.98. The summed E-state index contributed by atoms with van der Waals surface area (Å²) in [6.07, 6.45) is 0. The van der Waals surface area contributed by atoms with Gasteiger partial charge in [0, 0.05) is 9.92 Å². The first-order valence-corrected chi connectivity index (χ1v) is 7.51. The molecule has 0 spiro atoms. The Bertz CT molecular complexity index is 800. The first kappa shape index (κ1) is 14.6. The highest BCUT2D eigenvalue weighted by atomic mass is 35.5. The Morgan fingerprint density at radius 3 is 2.23 bits per heavy atom. The number of H-pyrrole nitrogens is 1. The number of halogens is 1. The fourth-order valence-corrected chi connectivity index (χ4v) is 2.84. The minimum absolute atomic E-state index is 0.00761. The van der Waals surface area contributed by atoms with E-state index in [2.05, 4.69) is 15.4 Å². The standard InChI is InChI=1S/C15H10ClN3O2S/c16-11-5-1-9(2-6-11)10-3-7-12(8-4-10)22-14-13(15(20)21)17-19-18-14/h1-8H,(H,20,21)(H,17,18,19). The molecule has 0 amide bonds. The highest BCUT2D eigenvalue weighted by Gasteiger charge is 2.15. The third-order valence-electron chi connectivity index (χ3n) is 2.98. The highest BCUT2D eigenvalue weighted by Crippen LogP contribution is 2.30. The molecule has 1 aromatic heterocycles. The zero-order chi connectivity index (χ0) is 15.5. The molecule has 22 heavy (non-hydrogen) atoms. The van der Waals surface area contributed by atoms with Crippen molar-refractivity contribution in [3.8, 4) is 11.1 Å². The smallest absolute Gasteiger partial charge is 0.356 e. The van der Waals surface area contributed by atoms with Crippen molar-refractivity contribution >= 4 is 29.3 Å². The van der Waals surface area contributed by atoms with E-state index in [1.807, 2.05) is 48.5 Å². The van der Waals surface area contributed by atoms with Crippen molar-refractivity contribution < 1.29 is 9.90 Å². The predicted molar refractivity (Wildman–Crippen MR) is 84.4 cm³/mol. The van der Waals surface area contributed by atoms with Crippen molar-refractivity contribution in [2.75, 3.05) is 0 Å². The van der Waals surface area contributed by atoms with Gasteiger partial charge in [0.25, 0.3) is 0 Å². The van der Waals surface area contributed by atoms with Gasteiger partial charge < -0.3 is 5.11 Å². The van der Waals surface area contributed by atoms with Gasteiger partial charge in [-0.05, 0) is 35.4 Å². The van der Waals surface area contributed by atoms with Gasteiger partial charge in [0.05, 0.1) is 0 Å². The Morgan fingerprint density at radius 2 is 1.64 bits per heavy atom. The molecule has 110 valence electrons. The van der Waals surface area contributed by atoms with Crippen LogP contribution in [-0.4, -0.2) is 26.5 Å². The van der Waals surface area contributed by atoms with Gasteiger partial charge in [0.15, 0.2) is 10.7 Å². The average Bonchev–Trinajstić information content (AvgIpc) is 2.97. The Morgan fingerprint density at radius 1 is 1.05 bits per heavy atom. The molecule has 3 rings (SSSR count). The van der Waals surface area contributed by atoms with Crippen LogP contribution in [0.15, 0.2) is 58.5 Å². The normalized spacial score (nSPS) is 10.6. The van der Waals surface area contributed by atoms with Crippen LogP contribution in [0.1, 0.15) is 10.5 Å². The molecule has 0 fully saturated rings. The Labute approximate surface area is 135 Å². The first-order chi connectivity index (χ1) is 10.6. The van der Waals surface area contributed by atoms with Gasteiger partial charge in [0.1, 0.15) is 0 Å². The van der Waals surface area contributed by atoms with Crippen LogP contribution in [0.5, 0.6) is 0 Å².